The van der Waals surface area contributed by atoms with Gasteiger partial charge >= 0.3 is 5.97 Å². The first-order valence-corrected chi connectivity index (χ1v) is 6.03. The van der Waals surface area contributed by atoms with E-state index in [0.29, 0.717) is 12.1 Å². The maximum Gasteiger partial charge on any atom is 0.313 e. The average Bonchev–Trinajstić information content (AvgIpc) is 2.46. The molecule has 0 fully saturated rings. The molecule has 0 bridgehead atoms. The van der Waals surface area contributed by atoms with Crippen molar-refractivity contribution < 1.29 is 9.53 Å². The van der Waals surface area contributed by atoms with Crippen LogP contribution in [0.1, 0.15) is 17.0 Å². The zero-order valence-electron chi connectivity index (χ0n) is 10.7. The van der Waals surface area contributed by atoms with Crippen LogP contribution in [0, 0.1) is 0 Å². The molecule has 0 amide bonds. The molecule has 0 saturated heterocycles. The smallest absolute Gasteiger partial charge is 0.313 e. The van der Waals surface area contributed by atoms with Gasteiger partial charge in [-0.25, -0.2) is 0 Å². The van der Waals surface area contributed by atoms with E-state index in [-0.39, 0.29) is 5.97 Å². The van der Waals surface area contributed by atoms with Gasteiger partial charge in [-0.2, -0.15) is 0 Å². The molecule has 0 aliphatic heterocycles. The van der Waals surface area contributed by atoms with Crippen molar-refractivity contribution >= 4 is 11.7 Å². The summed E-state index contributed by atoms with van der Waals surface area (Å²) in [6.45, 7) is 0. The second-order valence-corrected chi connectivity index (χ2v) is 4.27. The van der Waals surface area contributed by atoms with Crippen LogP contribution in [0.3, 0.4) is 0 Å². The molecule has 4 nitrogen and oxygen atoms in total. The molecule has 1 unspecified atom stereocenters. The Morgan fingerprint density at radius 1 is 1.32 bits per heavy atom. The Morgan fingerprint density at radius 3 is 2.68 bits per heavy atom. The van der Waals surface area contributed by atoms with Gasteiger partial charge in [-0.05, 0) is 23.6 Å². The molecular formula is C15H16N2O2. The number of methoxy groups -OCH3 is 1. The van der Waals surface area contributed by atoms with E-state index in [1.165, 1.54) is 7.11 Å². The SMILES string of the molecule is COC(=O)C(Cc1ccccc1)c1ccncc1N. The summed E-state index contributed by atoms with van der Waals surface area (Å²) in [5, 5.41) is 0. The summed E-state index contributed by atoms with van der Waals surface area (Å²) < 4.78 is 4.88. The lowest BCUT2D eigenvalue weighted by molar-refractivity contribution is -0.142. The maximum atomic E-state index is 12.0. The third-order valence-electron chi connectivity index (χ3n) is 3.03. The lowest BCUT2D eigenvalue weighted by Crippen LogP contribution is -2.18. The molecule has 1 heterocycles. The second-order valence-electron chi connectivity index (χ2n) is 4.27. The normalized spacial score (nSPS) is 11.8. The monoisotopic (exact) mass is 256 g/mol. The van der Waals surface area contributed by atoms with E-state index in [2.05, 4.69) is 4.98 Å². The fraction of sp³-hybridized carbons (Fsp3) is 0.200. The maximum absolute atomic E-state index is 12.0. The highest BCUT2D eigenvalue weighted by atomic mass is 16.5. The lowest BCUT2D eigenvalue weighted by atomic mass is 9.92. The van der Waals surface area contributed by atoms with Gasteiger partial charge < -0.3 is 10.5 Å². The van der Waals surface area contributed by atoms with Crippen LogP contribution in [0.4, 0.5) is 5.69 Å². The topological polar surface area (TPSA) is 65.2 Å². The minimum atomic E-state index is -0.407. The molecule has 0 saturated carbocycles. The number of esters is 1. The van der Waals surface area contributed by atoms with Crippen LogP contribution in [0.5, 0.6) is 0 Å². The van der Waals surface area contributed by atoms with Crippen LogP contribution >= 0.6 is 0 Å². The molecule has 2 aromatic rings. The second kappa shape index (κ2) is 6.00. The highest BCUT2D eigenvalue weighted by Gasteiger charge is 2.23. The third kappa shape index (κ3) is 3.10. The van der Waals surface area contributed by atoms with Crippen molar-refractivity contribution in [2.75, 3.05) is 12.8 Å². The predicted octanol–water partition coefficient (Wildman–Crippen LogP) is 2.16. The summed E-state index contributed by atoms with van der Waals surface area (Å²) in [7, 11) is 1.39. The number of carbonyl (C=O) groups is 1. The van der Waals surface area contributed by atoms with E-state index in [1.54, 1.807) is 18.5 Å². The van der Waals surface area contributed by atoms with Crippen molar-refractivity contribution in [1.82, 2.24) is 4.98 Å². The number of ether oxygens (including phenoxy) is 1. The number of carbonyl (C=O) groups excluding carboxylic acids is 1. The van der Waals surface area contributed by atoms with E-state index in [0.717, 1.165) is 11.1 Å². The van der Waals surface area contributed by atoms with Crippen molar-refractivity contribution in [3.05, 3.63) is 59.9 Å². The van der Waals surface area contributed by atoms with Gasteiger partial charge in [0.05, 0.1) is 24.9 Å². The molecule has 0 spiro atoms. The van der Waals surface area contributed by atoms with Crippen molar-refractivity contribution in [3.8, 4) is 0 Å². The first-order chi connectivity index (χ1) is 9.22. The molecule has 1 atom stereocenters. The Bertz CT molecular complexity index is 555. The van der Waals surface area contributed by atoms with Gasteiger partial charge in [-0.3, -0.25) is 9.78 Å². The molecular weight excluding hydrogens is 240 g/mol. The summed E-state index contributed by atoms with van der Waals surface area (Å²) in [5.41, 5.74) is 8.22. The predicted molar refractivity (Wildman–Crippen MR) is 73.6 cm³/mol. The van der Waals surface area contributed by atoms with Crippen LogP contribution in [0.15, 0.2) is 48.8 Å². The number of nitrogens with two attached hydrogens (primary N) is 1. The lowest BCUT2D eigenvalue weighted by Gasteiger charge is -2.16. The van der Waals surface area contributed by atoms with Crippen molar-refractivity contribution in [2.45, 2.75) is 12.3 Å². The van der Waals surface area contributed by atoms with Crippen LogP contribution in [0.25, 0.3) is 0 Å². The molecule has 4 heteroatoms. The van der Waals surface area contributed by atoms with Crippen LogP contribution in [-0.4, -0.2) is 18.1 Å². The van der Waals surface area contributed by atoms with E-state index in [4.69, 9.17) is 10.5 Å². The van der Waals surface area contributed by atoms with Crippen LogP contribution < -0.4 is 5.73 Å². The molecule has 1 aromatic heterocycles. The number of aromatic nitrogens is 1. The summed E-state index contributed by atoms with van der Waals surface area (Å²) in [4.78, 5) is 15.9. The summed E-state index contributed by atoms with van der Waals surface area (Å²) in [6, 6.07) is 11.6. The van der Waals surface area contributed by atoms with E-state index in [9.17, 15) is 4.79 Å². The van der Waals surface area contributed by atoms with Gasteiger partial charge in [0.15, 0.2) is 0 Å². The van der Waals surface area contributed by atoms with Gasteiger partial charge in [0.25, 0.3) is 0 Å². The molecule has 2 N–H and O–H groups in total. The molecule has 98 valence electrons. The van der Waals surface area contributed by atoms with Gasteiger partial charge in [-0.15, -0.1) is 0 Å². The first kappa shape index (κ1) is 13.1. The van der Waals surface area contributed by atoms with Gasteiger partial charge in [0.1, 0.15) is 0 Å². The molecule has 19 heavy (non-hydrogen) atoms. The number of rotatable bonds is 4. The molecule has 0 aliphatic rings. The fourth-order valence-electron chi connectivity index (χ4n) is 2.05. The van der Waals surface area contributed by atoms with E-state index >= 15 is 0 Å². The van der Waals surface area contributed by atoms with Crippen LogP contribution in [0.2, 0.25) is 0 Å². The number of pyridine rings is 1. The van der Waals surface area contributed by atoms with Crippen LogP contribution in [-0.2, 0) is 16.0 Å². The van der Waals surface area contributed by atoms with Gasteiger partial charge in [0, 0.05) is 6.20 Å². The number of benzene rings is 1. The Labute approximate surface area is 112 Å². The summed E-state index contributed by atoms with van der Waals surface area (Å²) in [6.07, 6.45) is 3.74. The molecule has 1 aromatic carbocycles. The van der Waals surface area contributed by atoms with Gasteiger partial charge in [0.2, 0.25) is 0 Å². The number of hydrogen-bond acceptors (Lipinski definition) is 4. The highest BCUT2D eigenvalue weighted by Crippen LogP contribution is 2.26. The Hall–Kier alpha value is -2.36. The summed E-state index contributed by atoms with van der Waals surface area (Å²) in [5.74, 6) is -0.697. The van der Waals surface area contributed by atoms with Crippen molar-refractivity contribution in [1.29, 1.82) is 0 Å². The Morgan fingerprint density at radius 2 is 2.05 bits per heavy atom. The number of nitrogens with zero attached hydrogens (tertiary/aromatic N) is 1. The largest absolute Gasteiger partial charge is 0.469 e. The molecule has 0 aliphatic carbocycles. The Balaban J connectivity index is 2.32. The van der Waals surface area contributed by atoms with E-state index < -0.39 is 5.92 Å². The van der Waals surface area contributed by atoms with E-state index in [1.807, 2.05) is 30.3 Å². The minimum Gasteiger partial charge on any atom is -0.469 e. The molecule has 2 rings (SSSR count). The van der Waals surface area contributed by atoms with Crippen molar-refractivity contribution in [3.63, 3.8) is 0 Å². The zero-order chi connectivity index (χ0) is 13.7. The highest BCUT2D eigenvalue weighted by molar-refractivity contribution is 5.80. The minimum absolute atomic E-state index is 0.290. The third-order valence-corrected chi connectivity index (χ3v) is 3.03. The fourth-order valence-corrected chi connectivity index (χ4v) is 2.05. The standard InChI is InChI=1S/C15H16N2O2/c1-19-15(18)13(9-11-5-3-2-4-6-11)12-7-8-17-10-14(12)16/h2-8,10,13H,9,16H2,1H3. The first-order valence-electron chi connectivity index (χ1n) is 6.03. The Kier molecular flexibility index (Phi) is 4.13. The summed E-state index contributed by atoms with van der Waals surface area (Å²) >= 11 is 0. The average molecular weight is 256 g/mol. The van der Waals surface area contributed by atoms with Crippen molar-refractivity contribution in [2.24, 2.45) is 0 Å². The zero-order valence-corrected chi connectivity index (χ0v) is 10.7. The molecule has 0 radical (unpaired) electrons. The quantitative estimate of drug-likeness (QED) is 0.851. The number of hydrogen-bond donors (Lipinski definition) is 1. The number of anilines is 1. The van der Waals surface area contributed by atoms with Gasteiger partial charge in [-0.1, -0.05) is 30.3 Å². The number of nitrogen functional groups attached to an aromatic ring is 1.